The number of thioether (sulfide) groups is 1. The Morgan fingerprint density at radius 3 is 2.87 bits per heavy atom. The third-order valence-electron chi connectivity index (χ3n) is 5.80. The zero-order valence-corrected chi connectivity index (χ0v) is 17.9. The van der Waals surface area contributed by atoms with Crippen LogP contribution in [0.1, 0.15) is 41.7 Å². The lowest BCUT2D eigenvalue weighted by atomic mass is 9.69. The lowest BCUT2D eigenvalue weighted by molar-refractivity contribution is 0.102. The second kappa shape index (κ2) is 8.22. The highest BCUT2D eigenvalue weighted by atomic mass is 32.2. The number of amides is 1. The molecular formula is C21H25FN6OS. The Hall–Kier alpha value is -2.68. The molecule has 1 fully saturated rings. The van der Waals surface area contributed by atoms with Crippen molar-refractivity contribution in [3.05, 3.63) is 47.7 Å². The van der Waals surface area contributed by atoms with E-state index in [1.54, 1.807) is 17.0 Å². The van der Waals surface area contributed by atoms with E-state index in [0.717, 1.165) is 31.4 Å². The van der Waals surface area contributed by atoms with Gasteiger partial charge in [-0.05, 0) is 37.0 Å². The van der Waals surface area contributed by atoms with E-state index in [4.69, 9.17) is 10.7 Å². The van der Waals surface area contributed by atoms with Crippen LogP contribution in [0.3, 0.4) is 0 Å². The summed E-state index contributed by atoms with van der Waals surface area (Å²) in [6, 6.07) is 4.64. The first-order valence-electron chi connectivity index (χ1n) is 9.98. The Balaban J connectivity index is 1.63. The summed E-state index contributed by atoms with van der Waals surface area (Å²) in [6.07, 6.45) is 6.80. The predicted octanol–water partition coefficient (Wildman–Crippen LogP) is 3.38. The third-order valence-corrected chi connectivity index (χ3v) is 6.75. The zero-order valence-electron chi connectivity index (χ0n) is 17.1. The minimum absolute atomic E-state index is 0.191. The van der Waals surface area contributed by atoms with Gasteiger partial charge in [0.2, 0.25) is 0 Å². The fraction of sp³-hybridized carbons (Fsp3) is 0.429. The summed E-state index contributed by atoms with van der Waals surface area (Å²) in [5.74, 6) is 1.000. The number of amidine groups is 1. The van der Waals surface area contributed by atoms with Crippen molar-refractivity contribution in [2.24, 2.45) is 16.6 Å². The van der Waals surface area contributed by atoms with Crippen molar-refractivity contribution in [2.75, 3.05) is 30.1 Å². The highest BCUT2D eigenvalue weighted by molar-refractivity contribution is 8.13. The largest absolute Gasteiger partial charge is 0.379 e. The van der Waals surface area contributed by atoms with E-state index >= 15 is 0 Å². The molecule has 2 heterocycles. The topological polar surface area (TPSA) is 96.5 Å². The number of carbonyl (C=O) groups excluding carboxylic acids is 1. The standard InChI is InChI=1S/C21H25FN6OS/c1-28(2)18-11-24-17(10-25-18)19(29)26-14-6-7-16(22)15(9-14)21-8-4-3-5-13(21)12-30-20(23)27-21/h6-7,9-11,13H,3-5,8,12H2,1-2H3,(H2,23,27)(H,26,29)/t13-,21-/m0/s1. The lowest BCUT2D eigenvalue weighted by Gasteiger charge is -2.44. The fourth-order valence-corrected chi connectivity index (χ4v) is 5.27. The zero-order chi connectivity index (χ0) is 21.3. The molecule has 158 valence electrons. The average molecular weight is 429 g/mol. The molecule has 1 aliphatic heterocycles. The van der Waals surface area contributed by atoms with Crippen LogP contribution in [0.2, 0.25) is 0 Å². The molecule has 0 spiro atoms. The molecule has 0 unspecified atom stereocenters. The molecule has 1 amide bonds. The number of aromatic nitrogens is 2. The third kappa shape index (κ3) is 3.86. The molecule has 2 aromatic rings. The van der Waals surface area contributed by atoms with Gasteiger partial charge >= 0.3 is 0 Å². The SMILES string of the molecule is CN(C)c1cnc(C(=O)Nc2ccc(F)c([C@]34CCCC[C@H]3CSC(N)=N4)c2)cn1. The first-order chi connectivity index (χ1) is 14.4. The normalized spacial score (nSPS) is 23.3. The molecular weight excluding hydrogens is 403 g/mol. The summed E-state index contributed by atoms with van der Waals surface area (Å²) in [4.78, 5) is 27.6. The van der Waals surface area contributed by atoms with Gasteiger partial charge in [0.25, 0.3) is 5.91 Å². The fourth-order valence-electron chi connectivity index (χ4n) is 4.23. The quantitative estimate of drug-likeness (QED) is 0.775. The second-order valence-electron chi connectivity index (χ2n) is 7.93. The number of nitrogens with one attached hydrogen (secondary N) is 1. The van der Waals surface area contributed by atoms with Crippen LogP contribution in [0.4, 0.5) is 15.9 Å². The molecule has 4 rings (SSSR count). The Morgan fingerprint density at radius 2 is 2.13 bits per heavy atom. The second-order valence-corrected chi connectivity index (χ2v) is 8.97. The van der Waals surface area contributed by atoms with Crippen LogP contribution in [0.25, 0.3) is 0 Å². The summed E-state index contributed by atoms with van der Waals surface area (Å²) in [6.45, 7) is 0. The van der Waals surface area contributed by atoms with E-state index in [-0.39, 0.29) is 17.4 Å². The van der Waals surface area contributed by atoms with Crippen molar-refractivity contribution in [3.8, 4) is 0 Å². The Labute approximate surface area is 179 Å². The number of nitrogens with zero attached hydrogens (tertiary/aromatic N) is 4. The van der Waals surface area contributed by atoms with Crippen molar-refractivity contribution < 1.29 is 9.18 Å². The van der Waals surface area contributed by atoms with Crippen molar-refractivity contribution in [1.29, 1.82) is 0 Å². The molecule has 2 atom stereocenters. The summed E-state index contributed by atoms with van der Waals surface area (Å²) in [5.41, 5.74) is 6.58. The van der Waals surface area contributed by atoms with Gasteiger partial charge in [0.05, 0.1) is 17.9 Å². The monoisotopic (exact) mass is 428 g/mol. The van der Waals surface area contributed by atoms with Crippen LogP contribution in [0.5, 0.6) is 0 Å². The Morgan fingerprint density at radius 1 is 1.30 bits per heavy atom. The van der Waals surface area contributed by atoms with Gasteiger partial charge in [0, 0.05) is 31.1 Å². The number of benzene rings is 1. The van der Waals surface area contributed by atoms with Gasteiger partial charge in [-0.1, -0.05) is 24.6 Å². The van der Waals surface area contributed by atoms with Crippen LogP contribution < -0.4 is 16.0 Å². The van der Waals surface area contributed by atoms with Crippen molar-refractivity contribution in [3.63, 3.8) is 0 Å². The molecule has 3 N–H and O–H groups in total. The van der Waals surface area contributed by atoms with E-state index < -0.39 is 11.4 Å². The van der Waals surface area contributed by atoms with Crippen LogP contribution in [0, 0.1) is 11.7 Å². The van der Waals surface area contributed by atoms with Crippen LogP contribution in [0.15, 0.2) is 35.6 Å². The van der Waals surface area contributed by atoms with E-state index in [1.165, 1.54) is 30.2 Å². The first-order valence-corrected chi connectivity index (χ1v) is 11.0. The molecule has 2 aliphatic rings. The van der Waals surface area contributed by atoms with Crippen LogP contribution >= 0.6 is 11.8 Å². The number of hydrogen-bond acceptors (Lipinski definition) is 7. The number of nitrogens with two attached hydrogens (primary N) is 1. The summed E-state index contributed by atoms with van der Waals surface area (Å²) < 4.78 is 15.0. The number of hydrogen-bond donors (Lipinski definition) is 2. The Bertz CT molecular complexity index is 980. The molecule has 1 saturated carbocycles. The highest BCUT2D eigenvalue weighted by Crippen LogP contribution is 2.50. The molecule has 0 radical (unpaired) electrons. The number of halogens is 1. The minimum atomic E-state index is -0.661. The maximum Gasteiger partial charge on any atom is 0.275 e. The molecule has 0 bridgehead atoms. The molecule has 30 heavy (non-hydrogen) atoms. The Kier molecular flexibility index (Phi) is 5.64. The summed E-state index contributed by atoms with van der Waals surface area (Å²) >= 11 is 1.53. The van der Waals surface area contributed by atoms with Gasteiger partial charge < -0.3 is 16.0 Å². The molecule has 1 aromatic heterocycles. The summed E-state index contributed by atoms with van der Waals surface area (Å²) in [5, 5.41) is 3.31. The first kappa shape index (κ1) is 20.6. The van der Waals surface area contributed by atoms with Gasteiger partial charge in [0.15, 0.2) is 5.17 Å². The van der Waals surface area contributed by atoms with Gasteiger partial charge in [-0.3, -0.25) is 9.79 Å². The van der Waals surface area contributed by atoms with Crippen LogP contribution in [-0.2, 0) is 5.54 Å². The minimum Gasteiger partial charge on any atom is -0.379 e. The average Bonchev–Trinajstić information content (AvgIpc) is 2.74. The molecule has 1 aliphatic carbocycles. The number of carbonyl (C=O) groups is 1. The lowest BCUT2D eigenvalue weighted by Crippen LogP contribution is -2.43. The highest BCUT2D eigenvalue weighted by Gasteiger charge is 2.46. The number of rotatable bonds is 4. The van der Waals surface area contributed by atoms with Gasteiger partial charge in [-0.2, -0.15) is 0 Å². The summed E-state index contributed by atoms with van der Waals surface area (Å²) in [7, 11) is 3.70. The van der Waals surface area contributed by atoms with Crippen molar-refractivity contribution in [2.45, 2.75) is 31.2 Å². The molecule has 9 heteroatoms. The molecule has 7 nitrogen and oxygen atoms in total. The van der Waals surface area contributed by atoms with E-state index in [9.17, 15) is 9.18 Å². The maximum atomic E-state index is 15.0. The number of fused-ring (bicyclic) bond motifs is 1. The number of anilines is 2. The van der Waals surface area contributed by atoms with E-state index in [1.807, 2.05) is 14.1 Å². The van der Waals surface area contributed by atoms with Gasteiger partial charge in [0.1, 0.15) is 17.3 Å². The van der Waals surface area contributed by atoms with E-state index in [0.29, 0.717) is 22.2 Å². The smallest absolute Gasteiger partial charge is 0.275 e. The van der Waals surface area contributed by atoms with Gasteiger partial charge in [-0.15, -0.1) is 0 Å². The van der Waals surface area contributed by atoms with Gasteiger partial charge in [-0.25, -0.2) is 14.4 Å². The maximum absolute atomic E-state index is 15.0. The van der Waals surface area contributed by atoms with Crippen molar-refractivity contribution >= 4 is 34.3 Å². The van der Waals surface area contributed by atoms with Crippen LogP contribution in [-0.4, -0.2) is 40.9 Å². The predicted molar refractivity (Wildman–Crippen MR) is 118 cm³/mol. The van der Waals surface area contributed by atoms with Crippen molar-refractivity contribution in [1.82, 2.24) is 9.97 Å². The number of aliphatic imine (C=N–C) groups is 1. The van der Waals surface area contributed by atoms with E-state index in [2.05, 4.69) is 15.3 Å². The molecule has 0 saturated heterocycles. The molecule has 1 aromatic carbocycles.